The summed E-state index contributed by atoms with van der Waals surface area (Å²) in [7, 11) is 1.87. The predicted molar refractivity (Wildman–Crippen MR) is 109 cm³/mol. The number of nitrogens with zero attached hydrogens (tertiary/aromatic N) is 1. The third-order valence-corrected chi connectivity index (χ3v) is 5.42. The van der Waals surface area contributed by atoms with Gasteiger partial charge in [0.05, 0.1) is 7.05 Å². The zero-order chi connectivity index (χ0) is 20.6. The van der Waals surface area contributed by atoms with Gasteiger partial charge in [0, 0.05) is 5.56 Å². The summed E-state index contributed by atoms with van der Waals surface area (Å²) >= 11 is 0. The molecule has 0 spiro atoms. The largest absolute Gasteiger partial charge is 0.329 e. The van der Waals surface area contributed by atoms with Crippen molar-refractivity contribution in [3.63, 3.8) is 0 Å². The first kappa shape index (κ1) is 19.1. The molecule has 1 unspecified atom stereocenters. The smallest absolute Gasteiger partial charge is 0.319 e. The second-order valence-electron chi connectivity index (χ2n) is 7.77. The van der Waals surface area contributed by atoms with Gasteiger partial charge in [-0.05, 0) is 41.5 Å². The predicted octanol–water partition coefficient (Wildman–Crippen LogP) is 2.42. The average Bonchev–Trinajstić information content (AvgIpc) is 2.91. The molecule has 0 saturated carbocycles. The Hall–Kier alpha value is -3.25. The quantitative estimate of drug-likeness (QED) is 0.656. The molecule has 1 heterocycles. The number of nitrogens with one attached hydrogen (secondary N) is 2. The Morgan fingerprint density at radius 2 is 1.76 bits per heavy atom. The molecule has 2 atom stereocenters. The number of halogens is 1. The van der Waals surface area contributed by atoms with Crippen LogP contribution in [0.2, 0.25) is 0 Å². The molecule has 2 N–H and O–H groups in total. The second-order valence-corrected chi connectivity index (χ2v) is 7.77. The molecule has 3 amide bonds. The normalized spacial score (nSPS) is 20.2. The van der Waals surface area contributed by atoms with E-state index in [1.54, 1.807) is 13.0 Å². The van der Waals surface area contributed by atoms with Crippen molar-refractivity contribution >= 4 is 22.7 Å². The highest BCUT2D eigenvalue weighted by Gasteiger charge is 2.50. The molecule has 5 nitrogen and oxygen atoms in total. The number of fused-ring (bicyclic) bond motifs is 1. The average molecular weight is 392 g/mol. The first-order valence-corrected chi connectivity index (χ1v) is 9.56. The van der Waals surface area contributed by atoms with E-state index in [-0.39, 0.29) is 18.4 Å². The van der Waals surface area contributed by atoms with Crippen LogP contribution in [0.15, 0.2) is 66.7 Å². The maximum Gasteiger partial charge on any atom is 0.329 e. The third-order valence-electron chi connectivity index (χ3n) is 5.42. The molecule has 0 aliphatic carbocycles. The number of quaternary nitrogens is 1. The number of hydrogen-bond acceptors (Lipinski definition) is 2. The molecule has 3 aromatic carbocycles. The van der Waals surface area contributed by atoms with Crippen LogP contribution in [0, 0.1) is 5.82 Å². The van der Waals surface area contributed by atoms with E-state index < -0.39 is 11.6 Å². The van der Waals surface area contributed by atoms with E-state index in [9.17, 15) is 14.0 Å². The maximum absolute atomic E-state index is 13.4. The van der Waals surface area contributed by atoms with Gasteiger partial charge in [0.15, 0.2) is 6.67 Å². The van der Waals surface area contributed by atoms with E-state index in [1.165, 1.54) is 17.0 Å². The first-order valence-electron chi connectivity index (χ1n) is 9.56. The summed E-state index contributed by atoms with van der Waals surface area (Å²) in [6, 6.07) is 19.6. The van der Waals surface area contributed by atoms with Crippen LogP contribution in [-0.4, -0.2) is 30.6 Å². The SMILES string of the molecule is C[NH+](Cc1cccc(F)c1)CN1C(=O)N[C@](C)(c2ccc3ccccc3c2)C1=O. The van der Waals surface area contributed by atoms with Crippen LogP contribution in [0.25, 0.3) is 10.8 Å². The monoisotopic (exact) mass is 392 g/mol. The van der Waals surface area contributed by atoms with Gasteiger partial charge in [0.25, 0.3) is 5.91 Å². The maximum atomic E-state index is 13.4. The van der Waals surface area contributed by atoms with Crippen molar-refractivity contribution in [2.45, 2.75) is 19.0 Å². The van der Waals surface area contributed by atoms with Gasteiger partial charge in [0.1, 0.15) is 17.9 Å². The summed E-state index contributed by atoms with van der Waals surface area (Å²) in [5, 5.41) is 4.94. The highest BCUT2D eigenvalue weighted by Crippen LogP contribution is 2.30. The number of urea groups is 1. The Balaban J connectivity index is 1.54. The van der Waals surface area contributed by atoms with E-state index in [0.29, 0.717) is 6.54 Å². The van der Waals surface area contributed by atoms with Gasteiger partial charge < -0.3 is 10.2 Å². The fourth-order valence-electron chi connectivity index (χ4n) is 3.86. The lowest BCUT2D eigenvalue weighted by Crippen LogP contribution is -3.09. The number of amides is 3. The highest BCUT2D eigenvalue weighted by molar-refractivity contribution is 6.07. The van der Waals surface area contributed by atoms with Gasteiger partial charge in [0.2, 0.25) is 0 Å². The van der Waals surface area contributed by atoms with Crippen LogP contribution in [0.3, 0.4) is 0 Å². The Bertz CT molecular complexity index is 1100. The standard InChI is InChI=1S/C23H22FN3O2/c1-23(19-11-10-17-7-3-4-8-18(17)13-19)21(28)27(22(29)25-23)15-26(2)14-16-6-5-9-20(24)12-16/h3-13H,14-15H2,1-2H3,(H,25,29)/p+1/t23-/m1/s1. The van der Waals surface area contributed by atoms with Crippen LogP contribution < -0.4 is 10.2 Å². The minimum absolute atomic E-state index is 0.199. The molecule has 1 saturated heterocycles. The molecule has 148 valence electrons. The van der Waals surface area contributed by atoms with Gasteiger partial charge in [-0.25, -0.2) is 14.1 Å². The zero-order valence-corrected chi connectivity index (χ0v) is 16.4. The summed E-state index contributed by atoms with van der Waals surface area (Å²) in [6.07, 6.45) is 0. The fourth-order valence-corrected chi connectivity index (χ4v) is 3.86. The zero-order valence-electron chi connectivity index (χ0n) is 16.4. The molecule has 3 aromatic rings. The lowest BCUT2D eigenvalue weighted by atomic mass is 9.90. The molecule has 0 radical (unpaired) electrons. The number of carbonyl (C=O) groups is 2. The van der Waals surface area contributed by atoms with Crippen LogP contribution in [-0.2, 0) is 16.9 Å². The molecule has 0 bridgehead atoms. The number of benzene rings is 3. The number of imide groups is 1. The molecule has 1 fully saturated rings. The van der Waals surface area contributed by atoms with Crippen molar-refractivity contribution in [1.82, 2.24) is 10.2 Å². The Labute approximate surface area is 168 Å². The summed E-state index contributed by atoms with van der Waals surface area (Å²) in [4.78, 5) is 27.9. The summed E-state index contributed by atoms with van der Waals surface area (Å²) in [5.41, 5.74) is 0.451. The van der Waals surface area contributed by atoms with Crippen LogP contribution in [0.5, 0.6) is 0 Å². The number of rotatable bonds is 5. The van der Waals surface area contributed by atoms with Gasteiger partial charge in [-0.1, -0.05) is 48.5 Å². The van der Waals surface area contributed by atoms with E-state index in [0.717, 1.165) is 26.8 Å². The van der Waals surface area contributed by atoms with Crippen LogP contribution in [0.1, 0.15) is 18.1 Å². The van der Waals surface area contributed by atoms with E-state index in [2.05, 4.69) is 5.32 Å². The van der Waals surface area contributed by atoms with Crippen molar-refractivity contribution < 1.29 is 18.9 Å². The lowest BCUT2D eigenvalue weighted by molar-refractivity contribution is -0.901. The summed E-state index contributed by atoms with van der Waals surface area (Å²) in [5.74, 6) is -0.578. The van der Waals surface area contributed by atoms with Gasteiger partial charge in [-0.3, -0.25) is 4.79 Å². The van der Waals surface area contributed by atoms with E-state index >= 15 is 0 Å². The van der Waals surface area contributed by atoms with Crippen LogP contribution >= 0.6 is 0 Å². The second kappa shape index (κ2) is 7.29. The molecule has 0 aromatic heterocycles. The Kier molecular flexibility index (Phi) is 4.80. The minimum atomic E-state index is -1.11. The van der Waals surface area contributed by atoms with Crippen molar-refractivity contribution in [2.75, 3.05) is 13.7 Å². The van der Waals surface area contributed by atoms with Gasteiger partial charge in [-0.2, -0.15) is 0 Å². The fraction of sp³-hybridized carbons (Fsp3) is 0.217. The van der Waals surface area contributed by atoms with E-state index in [1.807, 2.05) is 55.6 Å². The van der Waals surface area contributed by atoms with Crippen molar-refractivity contribution in [3.8, 4) is 0 Å². The topological polar surface area (TPSA) is 53.9 Å². The van der Waals surface area contributed by atoms with Crippen molar-refractivity contribution in [3.05, 3.63) is 83.7 Å². The molecule has 4 rings (SSSR count). The molecular weight excluding hydrogens is 369 g/mol. The van der Waals surface area contributed by atoms with Crippen molar-refractivity contribution in [2.24, 2.45) is 0 Å². The minimum Gasteiger partial charge on any atom is -0.319 e. The van der Waals surface area contributed by atoms with E-state index in [4.69, 9.17) is 0 Å². The summed E-state index contributed by atoms with van der Waals surface area (Å²) in [6.45, 7) is 2.44. The molecule has 29 heavy (non-hydrogen) atoms. The van der Waals surface area contributed by atoms with Gasteiger partial charge in [-0.15, -0.1) is 0 Å². The first-order chi connectivity index (χ1) is 13.9. The lowest BCUT2D eigenvalue weighted by Gasteiger charge is -2.23. The molecular formula is C23H23FN3O2+. The Morgan fingerprint density at radius 1 is 1.00 bits per heavy atom. The van der Waals surface area contributed by atoms with Crippen molar-refractivity contribution in [1.29, 1.82) is 0 Å². The Morgan fingerprint density at radius 3 is 2.52 bits per heavy atom. The molecule has 6 heteroatoms. The molecule has 1 aliphatic heterocycles. The highest BCUT2D eigenvalue weighted by atomic mass is 19.1. The molecule has 1 aliphatic rings. The number of hydrogen-bond donors (Lipinski definition) is 2. The van der Waals surface area contributed by atoms with Gasteiger partial charge >= 0.3 is 6.03 Å². The van der Waals surface area contributed by atoms with Crippen LogP contribution in [0.4, 0.5) is 9.18 Å². The third kappa shape index (κ3) is 3.59. The number of carbonyl (C=O) groups excluding carboxylic acids is 2. The summed E-state index contributed by atoms with van der Waals surface area (Å²) < 4.78 is 13.4.